The number of thioether (sulfide) groups is 1. The van der Waals surface area contributed by atoms with Crippen LogP contribution >= 0.6 is 24.0 Å². The van der Waals surface area contributed by atoms with Crippen LogP contribution in [-0.2, 0) is 23.6 Å². The van der Waals surface area contributed by atoms with Crippen molar-refractivity contribution >= 4 is 40.3 Å². The lowest BCUT2D eigenvalue weighted by atomic mass is 10.0. The number of aromatic nitrogens is 5. The van der Waals surface area contributed by atoms with Crippen LogP contribution in [-0.4, -0.2) is 47.3 Å². The molecule has 4 rings (SSSR count). The number of tetrazole rings is 1. The van der Waals surface area contributed by atoms with Gasteiger partial charge in [0.2, 0.25) is 0 Å². The summed E-state index contributed by atoms with van der Waals surface area (Å²) in [5, 5.41) is 13.4. The van der Waals surface area contributed by atoms with Gasteiger partial charge in [-0.2, -0.15) is 31.6 Å². The quantitative estimate of drug-likeness (QED) is 0.262. The molecule has 0 bridgehead atoms. The molecular formula is C21H14F6N6OS2. The lowest BCUT2D eigenvalue weighted by Gasteiger charge is -2.14. The van der Waals surface area contributed by atoms with E-state index in [0.29, 0.717) is 41.7 Å². The van der Waals surface area contributed by atoms with Gasteiger partial charge in [-0.3, -0.25) is 9.69 Å². The van der Waals surface area contributed by atoms with Crippen LogP contribution in [0.5, 0.6) is 0 Å². The van der Waals surface area contributed by atoms with Gasteiger partial charge in [-0.05, 0) is 42.8 Å². The van der Waals surface area contributed by atoms with Crippen molar-refractivity contribution < 1.29 is 31.1 Å². The number of thiocarbonyl (C=S) groups is 1. The van der Waals surface area contributed by atoms with Crippen molar-refractivity contribution in [3.8, 4) is 11.3 Å². The number of aromatic amines is 1. The zero-order valence-electron chi connectivity index (χ0n) is 17.9. The Morgan fingerprint density at radius 2 is 1.75 bits per heavy atom. The Morgan fingerprint density at radius 3 is 2.36 bits per heavy atom. The third kappa shape index (κ3) is 5.90. The number of rotatable bonds is 6. The van der Waals surface area contributed by atoms with Crippen LogP contribution in [0.4, 0.5) is 26.3 Å². The third-order valence-electron chi connectivity index (χ3n) is 4.98. The van der Waals surface area contributed by atoms with Crippen molar-refractivity contribution in [1.29, 1.82) is 0 Å². The molecule has 3 aromatic rings. The van der Waals surface area contributed by atoms with Gasteiger partial charge in [0.15, 0.2) is 5.82 Å². The predicted octanol–water partition coefficient (Wildman–Crippen LogP) is 5.13. The third-order valence-corrected chi connectivity index (χ3v) is 6.36. The lowest BCUT2D eigenvalue weighted by Crippen LogP contribution is -2.29. The number of benzene rings is 1. The molecule has 1 fully saturated rings. The summed E-state index contributed by atoms with van der Waals surface area (Å²) in [5.41, 5.74) is -3.19. The van der Waals surface area contributed by atoms with Crippen LogP contribution in [0.25, 0.3) is 17.3 Å². The van der Waals surface area contributed by atoms with Gasteiger partial charge in [-0.15, -0.1) is 10.2 Å². The SMILES string of the molecule is O=C1C(=Cc2cccc(-c3cc(C(F)(F)F)cc(C(F)(F)F)c3)n2)SC(=S)N1CCCc1nn[nH]n1. The number of nitrogens with one attached hydrogen (secondary N) is 1. The molecule has 0 aliphatic carbocycles. The highest BCUT2D eigenvalue weighted by Crippen LogP contribution is 2.38. The number of hydrogen-bond acceptors (Lipinski definition) is 7. The summed E-state index contributed by atoms with van der Waals surface area (Å²) in [6.07, 6.45) is -7.59. The Morgan fingerprint density at radius 1 is 1.06 bits per heavy atom. The average Bonchev–Trinajstić information content (AvgIpc) is 3.41. The van der Waals surface area contributed by atoms with E-state index < -0.39 is 23.5 Å². The van der Waals surface area contributed by atoms with Crippen LogP contribution in [0.15, 0.2) is 41.3 Å². The van der Waals surface area contributed by atoms with Crippen LogP contribution < -0.4 is 0 Å². The molecule has 15 heteroatoms. The first-order valence-corrected chi connectivity index (χ1v) is 11.4. The zero-order valence-corrected chi connectivity index (χ0v) is 19.5. The highest BCUT2D eigenvalue weighted by Gasteiger charge is 2.37. The van der Waals surface area contributed by atoms with Gasteiger partial charge in [-0.1, -0.05) is 35.3 Å². The molecule has 1 amide bonds. The maximum absolute atomic E-state index is 13.2. The minimum absolute atomic E-state index is 0.0530. The Labute approximate surface area is 209 Å². The number of amides is 1. The number of nitrogens with zero attached hydrogens (tertiary/aromatic N) is 5. The van der Waals surface area contributed by atoms with Crippen molar-refractivity contribution in [3.63, 3.8) is 0 Å². The van der Waals surface area contributed by atoms with E-state index in [2.05, 4.69) is 25.6 Å². The van der Waals surface area contributed by atoms with Crippen molar-refractivity contribution in [2.24, 2.45) is 0 Å². The number of H-pyrrole nitrogens is 1. The number of carbonyl (C=O) groups excluding carboxylic acids is 1. The predicted molar refractivity (Wildman–Crippen MR) is 122 cm³/mol. The van der Waals surface area contributed by atoms with Gasteiger partial charge in [0.05, 0.1) is 27.4 Å². The second-order valence-corrected chi connectivity index (χ2v) is 9.18. The number of halogens is 6. The molecule has 1 N–H and O–H groups in total. The van der Waals surface area contributed by atoms with Crippen molar-refractivity contribution in [3.05, 3.63) is 63.9 Å². The molecule has 0 unspecified atom stereocenters. The number of pyridine rings is 1. The second kappa shape index (κ2) is 9.97. The van der Waals surface area contributed by atoms with Gasteiger partial charge >= 0.3 is 12.4 Å². The van der Waals surface area contributed by atoms with E-state index in [1.54, 1.807) is 0 Å². The van der Waals surface area contributed by atoms with Gasteiger partial charge < -0.3 is 0 Å². The van der Waals surface area contributed by atoms with Crippen molar-refractivity contribution in [2.75, 3.05) is 6.54 Å². The molecule has 2 aromatic heterocycles. The molecule has 3 heterocycles. The minimum Gasteiger partial charge on any atom is -0.293 e. The number of hydrogen-bond donors (Lipinski definition) is 1. The Bertz CT molecular complexity index is 1290. The Kier molecular flexibility index (Phi) is 7.13. The molecule has 0 radical (unpaired) electrons. The standard InChI is InChI=1S/C21H14F6N6OS2/c22-20(23,24)12-7-11(8-13(9-12)21(25,26)27)15-4-1-3-14(28-15)10-16-18(34)33(19(35)36-16)6-2-5-17-29-31-32-30-17/h1,3-4,7-10H,2,5-6H2,(H,29,30,31,32). The molecule has 1 aliphatic rings. The summed E-state index contributed by atoms with van der Waals surface area (Å²) in [4.78, 5) is 18.6. The van der Waals surface area contributed by atoms with Gasteiger partial charge in [-0.25, -0.2) is 4.98 Å². The first-order valence-electron chi connectivity index (χ1n) is 10.2. The number of aryl methyl sites for hydroxylation is 1. The molecule has 1 aromatic carbocycles. The molecule has 1 saturated heterocycles. The topological polar surface area (TPSA) is 87.7 Å². The molecule has 0 atom stereocenters. The van der Waals surface area contributed by atoms with E-state index in [1.165, 1.54) is 29.2 Å². The smallest absolute Gasteiger partial charge is 0.293 e. The van der Waals surface area contributed by atoms with E-state index in [-0.39, 0.29) is 33.8 Å². The van der Waals surface area contributed by atoms with E-state index in [4.69, 9.17) is 12.2 Å². The molecule has 188 valence electrons. The summed E-state index contributed by atoms with van der Waals surface area (Å²) < 4.78 is 79.6. The largest absolute Gasteiger partial charge is 0.416 e. The van der Waals surface area contributed by atoms with Crippen LogP contribution in [0, 0.1) is 0 Å². The summed E-state index contributed by atoms with van der Waals surface area (Å²) >= 11 is 6.29. The van der Waals surface area contributed by atoms with Gasteiger partial charge in [0.1, 0.15) is 4.32 Å². The number of carbonyl (C=O) groups is 1. The zero-order chi connectivity index (χ0) is 26.1. The second-order valence-electron chi connectivity index (χ2n) is 7.51. The highest BCUT2D eigenvalue weighted by molar-refractivity contribution is 8.26. The van der Waals surface area contributed by atoms with Crippen LogP contribution in [0.3, 0.4) is 0 Å². The van der Waals surface area contributed by atoms with Gasteiger partial charge in [0.25, 0.3) is 5.91 Å². The molecule has 7 nitrogen and oxygen atoms in total. The van der Waals surface area contributed by atoms with E-state index in [1.807, 2.05) is 0 Å². The average molecular weight is 545 g/mol. The minimum atomic E-state index is -4.98. The summed E-state index contributed by atoms with van der Waals surface area (Å²) in [6, 6.07) is 5.44. The van der Waals surface area contributed by atoms with E-state index in [0.717, 1.165) is 11.8 Å². The summed E-state index contributed by atoms with van der Waals surface area (Å²) in [5.74, 6) is 0.101. The molecule has 1 aliphatic heterocycles. The fourth-order valence-corrected chi connectivity index (χ4v) is 4.60. The van der Waals surface area contributed by atoms with Crippen molar-refractivity contribution in [1.82, 2.24) is 30.5 Å². The lowest BCUT2D eigenvalue weighted by molar-refractivity contribution is -0.143. The van der Waals surface area contributed by atoms with Crippen molar-refractivity contribution in [2.45, 2.75) is 25.2 Å². The monoisotopic (exact) mass is 544 g/mol. The van der Waals surface area contributed by atoms with E-state index in [9.17, 15) is 31.1 Å². The normalized spacial score (nSPS) is 15.8. The van der Waals surface area contributed by atoms with E-state index >= 15 is 0 Å². The highest BCUT2D eigenvalue weighted by atomic mass is 32.2. The fourth-order valence-electron chi connectivity index (χ4n) is 3.31. The molecule has 0 spiro atoms. The summed E-state index contributed by atoms with van der Waals surface area (Å²) in [7, 11) is 0. The van der Waals surface area contributed by atoms with Crippen LogP contribution in [0.1, 0.15) is 29.1 Å². The summed E-state index contributed by atoms with van der Waals surface area (Å²) in [6.45, 7) is 0.300. The molecular weight excluding hydrogens is 530 g/mol. The fraction of sp³-hybridized carbons (Fsp3) is 0.238. The first kappa shape index (κ1) is 25.8. The van der Waals surface area contributed by atoms with Gasteiger partial charge in [0, 0.05) is 18.5 Å². The first-order chi connectivity index (χ1) is 16.9. The maximum Gasteiger partial charge on any atom is 0.416 e. The number of alkyl halides is 6. The Balaban J connectivity index is 1.57. The Hall–Kier alpha value is -3.33. The van der Waals surface area contributed by atoms with Crippen LogP contribution in [0.2, 0.25) is 0 Å². The molecule has 0 saturated carbocycles. The molecule has 36 heavy (non-hydrogen) atoms. The maximum atomic E-state index is 13.2.